The van der Waals surface area contributed by atoms with Crippen LogP contribution in [0.1, 0.15) is 56.3 Å². The van der Waals surface area contributed by atoms with E-state index in [-0.39, 0.29) is 17.2 Å². The minimum atomic E-state index is -0.00426. The van der Waals surface area contributed by atoms with Gasteiger partial charge in [0.05, 0.1) is 11.3 Å². The van der Waals surface area contributed by atoms with Crippen molar-refractivity contribution in [2.75, 3.05) is 12.8 Å². The van der Waals surface area contributed by atoms with E-state index in [1.807, 2.05) is 18.1 Å². The van der Waals surface area contributed by atoms with Gasteiger partial charge in [0.25, 0.3) is 0 Å². The summed E-state index contributed by atoms with van der Waals surface area (Å²) in [5.74, 6) is 2.11. The summed E-state index contributed by atoms with van der Waals surface area (Å²) in [6.45, 7) is 2.76. The molecule has 2 fully saturated rings. The van der Waals surface area contributed by atoms with E-state index in [0.717, 1.165) is 38.1 Å². The van der Waals surface area contributed by atoms with Gasteiger partial charge in [0.1, 0.15) is 0 Å². The summed E-state index contributed by atoms with van der Waals surface area (Å²) in [6, 6.07) is 0.0124. The van der Waals surface area contributed by atoms with Crippen molar-refractivity contribution in [2.45, 2.75) is 49.8 Å². The topological polar surface area (TPSA) is 59.2 Å². The van der Waals surface area contributed by atoms with E-state index in [9.17, 15) is 4.79 Å². The number of carbonyl (C=O) groups excluding carboxylic acids is 1. The summed E-state index contributed by atoms with van der Waals surface area (Å²) in [5.41, 5.74) is 0. The Morgan fingerprint density at radius 1 is 1.47 bits per heavy atom. The summed E-state index contributed by atoms with van der Waals surface area (Å²) >= 11 is 1.58. The van der Waals surface area contributed by atoms with Gasteiger partial charge in [-0.25, -0.2) is 0 Å². The Morgan fingerprint density at radius 2 is 2.26 bits per heavy atom. The predicted molar refractivity (Wildman–Crippen MR) is 72.9 cm³/mol. The standard InChI is InChI=1S/C13H19N3O2S/c1-8(19-2)13(17)16-7-3-4-10(16)11-14-12(18-15-11)9-5-6-9/h8-10H,3-7H2,1-2H3/t8-,10+/m1/s1. The number of rotatable bonds is 4. The van der Waals surface area contributed by atoms with Crippen molar-refractivity contribution in [1.82, 2.24) is 15.0 Å². The number of amides is 1. The van der Waals surface area contributed by atoms with E-state index in [1.165, 1.54) is 0 Å². The van der Waals surface area contributed by atoms with Crippen LogP contribution < -0.4 is 0 Å². The normalized spacial score (nSPS) is 24.7. The number of aromatic nitrogens is 2. The molecule has 0 aromatic carbocycles. The average Bonchev–Trinajstić information content (AvgIpc) is 2.97. The Labute approximate surface area is 117 Å². The van der Waals surface area contributed by atoms with Crippen LogP contribution in [0.25, 0.3) is 0 Å². The molecule has 1 saturated heterocycles. The summed E-state index contributed by atoms with van der Waals surface area (Å²) in [4.78, 5) is 18.7. The van der Waals surface area contributed by atoms with Gasteiger partial charge < -0.3 is 9.42 Å². The summed E-state index contributed by atoms with van der Waals surface area (Å²) in [7, 11) is 0. The highest BCUT2D eigenvalue weighted by atomic mass is 32.2. The van der Waals surface area contributed by atoms with E-state index in [0.29, 0.717) is 11.7 Å². The highest BCUT2D eigenvalue weighted by Crippen LogP contribution is 2.40. The smallest absolute Gasteiger partial charge is 0.236 e. The lowest BCUT2D eigenvalue weighted by atomic mass is 10.2. The van der Waals surface area contributed by atoms with Crippen LogP contribution in [0, 0.1) is 0 Å². The Bertz CT molecular complexity index is 472. The van der Waals surface area contributed by atoms with Crippen molar-refractivity contribution in [3.63, 3.8) is 0 Å². The molecule has 1 aliphatic carbocycles. The third-order valence-electron chi connectivity index (χ3n) is 3.92. The second kappa shape index (κ2) is 5.15. The van der Waals surface area contributed by atoms with Crippen molar-refractivity contribution < 1.29 is 9.32 Å². The first kappa shape index (κ1) is 13.0. The first-order valence-electron chi connectivity index (χ1n) is 6.87. The molecule has 0 N–H and O–H groups in total. The average molecular weight is 281 g/mol. The number of hydrogen-bond donors (Lipinski definition) is 0. The number of hydrogen-bond acceptors (Lipinski definition) is 5. The maximum Gasteiger partial charge on any atom is 0.236 e. The van der Waals surface area contributed by atoms with E-state index in [2.05, 4.69) is 10.1 Å². The van der Waals surface area contributed by atoms with Crippen LogP contribution in [-0.4, -0.2) is 39.0 Å². The van der Waals surface area contributed by atoms with Crippen LogP contribution in [0.3, 0.4) is 0 Å². The minimum absolute atomic E-state index is 0.00426. The van der Waals surface area contributed by atoms with Crippen LogP contribution in [-0.2, 0) is 4.79 Å². The van der Waals surface area contributed by atoms with Gasteiger partial charge in [0.15, 0.2) is 5.82 Å². The molecule has 1 saturated carbocycles. The molecule has 1 aliphatic heterocycles. The second-order valence-electron chi connectivity index (χ2n) is 5.33. The number of thioether (sulfide) groups is 1. The molecule has 2 heterocycles. The SMILES string of the molecule is CS[C@H](C)C(=O)N1CCC[C@H]1c1noc(C2CC2)n1. The first-order chi connectivity index (χ1) is 9.20. The van der Waals surface area contributed by atoms with Crippen LogP contribution in [0.5, 0.6) is 0 Å². The fourth-order valence-corrected chi connectivity index (χ4v) is 2.85. The molecule has 1 aromatic heterocycles. The molecule has 6 heteroatoms. The zero-order valence-corrected chi connectivity index (χ0v) is 12.2. The summed E-state index contributed by atoms with van der Waals surface area (Å²) in [6.07, 6.45) is 6.23. The molecule has 5 nitrogen and oxygen atoms in total. The predicted octanol–water partition coefficient (Wildman–Crippen LogP) is 2.36. The molecule has 19 heavy (non-hydrogen) atoms. The molecule has 2 atom stereocenters. The molecule has 0 spiro atoms. The maximum atomic E-state index is 12.3. The summed E-state index contributed by atoms with van der Waals surface area (Å²) in [5, 5.41) is 4.09. The van der Waals surface area contributed by atoms with Crippen molar-refractivity contribution >= 4 is 17.7 Å². The molecule has 1 amide bonds. The molecule has 1 aromatic rings. The van der Waals surface area contributed by atoms with Crippen LogP contribution in [0.2, 0.25) is 0 Å². The lowest BCUT2D eigenvalue weighted by Crippen LogP contribution is -2.36. The van der Waals surface area contributed by atoms with Crippen molar-refractivity contribution in [2.24, 2.45) is 0 Å². The highest BCUT2D eigenvalue weighted by Gasteiger charge is 2.37. The van der Waals surface area contributed by atoms with E-state index in [1.54, 1.807) is 11.8 Å². The van der Waals surface area contributed by atoms with Crippen molar-refractivity contribution in [3.05, 3.63) is 11.7 Å². The van der Waals surface area contributed by atoms with Gasteiger partial charge in [0.2, 0.25) is 11.8 Å². The van der Waals surface area contributed by atoms with Gasteiger partial charge in [-0.05, 0) is 38.9 Å². The van der Waals surface area contributed by atoms with Gasteiger partial charge >= 0.3 is 0 Å². The summed E-state index contributed by atoms with van der Waals surface area (Å²) < 4.78 is 5.31. The number of carbonyl (C=O) groups is 1. The Balaban J connectivity index is 1.76. The lowest BCUT2D eigenvalue weighted by Gasteiger charge is -2.24. The van der Waals surface area contributed by atoms with Crippen LogP contribution in [0.4, 0.5) is 0 Å². The molecule has 2 aliphatic rings. The van der Waals surface area contributed by atoms with Gasteiger partial charge in [-0.15, -0.1) is 0 Å². The Kier molecular flexibility index (Phi) is 3.52. The van der Waals surface area contributed by atoms with Gasteiger partial charge in [0, 0.05) is 12.5 Å². The Morgan fingerprint density at radius 3 is 2.95 bits per heavy atom. The first-order valence-corrected chi connectivity index (χ1v) is 8.16. The minimum Gasteiger partial charge on any atom is -0.339 e. The third-order valence-corrected chi connectivity index (χ3v) is 4.83. The fraction of sp³-hybridized carbons (Fsp3) is 0.769. The van der Waals surface area contributed by atoms with Crippen LogP contribution >= 0.6 is 11.8 Å². The molecule has 0 unspecified atom stereocenters. The highest BCUT2D eigenvalue weighted by molar-refractivity contribution is 7.99. The number of likely N-dealkylation sites (tertiary alicyclic amines) is 1. The van der Waals surface area contributed by atoms with E-state index < -0.39 is 0 Å². The maximum absolute atomic E-state index is 12.3. The fourth-order valence-electron chi connectivity index (χ4n) is 2.51. The second-order valence-corrected chi connectivity index (χ2v) is 6.51. The van der Waals surface area contributed by atoms with E-state index >= 15 is 0 Å². The quantitative estimate of drug-likeness (QED) is 0.848. The van der Waals surface area contributed by atoms with Crippen molar-refractivity contribution in [1.29, 1.82) is 0 Å². The van der Waals surface area contributed by atoms with E-state index in [4.69, 9.17) is 4.52 Å². The zero-order chi connectivity index (χ0) is 13.4. The third kappa shape index (κ3) is 2.50. The molecule has 0 radical (unpaired) electrons. The van der Waals surface area contributed by atoms with Gasteiger partial charge in [-0.2, -0.15) is 16.7 Å². The Hall–Kier alpha value is -1.04. The van der Waals surface area contributed by atoms with Gasteiger partial charge in [-0.1, -0.05) is 5.16 Å². The number of nitrogens with zero attached hydrogens (tertiary/aromatic N) is 3. The molecular weight excluding hydrogens is 262 g/mol. The molecule has 3 rings (SSSR count). The largest absolute Gasteiger partial charge is 0.339 e. The lowest BCUT2D eigenvalue weighted by molar-refractivity contribution is -0.131. The monoisotopic (exact) mass is 281 g/mol. The molecular formula is C13H19N3O2S. The zero-order valence-electron chi connectivity index (χ0n) is 11.3. The van der Waals surface area contributed by atoms with Gasteiger partial charge in [-0.3, -0.25) is 4.79 Å². The molecule has 104 valence electrons. The van der Waals surface area contributed by atoms with Crippen molar-refractivity contribution in [3.8, 4) is 0 Å². The van der Waals surface area contributed by atoms with Crippen LogP contribution in [0.15, 0.2) is 4.52 Å². The molecule has 0 bridgehead atoms.